The number of sulfonamides is 1. The lowest BCUT2D eigenvalue weighted by Gasteiger charge is -2.34. The summed E-state index contributed by atoms with van der Waals surface area (Å²) in [5.41, 5.74) is 1.65. The van der Waals surface area contributed by atoms with Crippen LogP contribution >= 0.6 is 0 Å². The number of carbonyl (C=O) groups is 1. The Morgan fingerprint density at radius 1 is 1.21 bits per heavy atom. The van der Waals surface area contributed by atoms with E-state index in [1.165, 1.54) is 4.31 Å². The molecule has 0 saturated carbocycles. The summed E-state index contributed by atoms with van der Waals surface area (Å²) >= 11 is 0. The number of piperazine rings is 1. The molecule has 2 aromatic rings. The number of hydrogen-bond acceptors (Lipinski definition) is 4. The first-order valence-electron chi connectivity index (χ1n) is 7.68. The van der Waals surface area contributed by atoms with Crippen LogP contribution in [-0.2, 0) is 21.9 Å². The third-order valence-corrected chi connectivity index (χ3v) is 6.41. The number of carbonyl (C=O) groups excluding carboxylic acids is 1. The minimum absolute atomic E-state index is 0.181. The van der Waals surface area contributed by atoms with Crippen molar-refractivity contribution in [2.24, 2.45) is 7.05 Å². The summed E-state index contributed by atoms with van der Waals surface area (Å²) in [6.45, 7) is 3.90. The van der Waals surface area contributed by atoms with Crippen LogP contribution in [0.15, 0.2) is 35.2 Å². The van der Waals surface area contributed by atoms with E-state index in [1.54, 1.807) is 49.8 Å². The van der Waals surface area contributed by atoms with Crippen molar-refractivity contribution in [2.45, 2.75) is 24.8 Å². The molecule has 1 aromatic heterocycles. The molecule has 1 saturated heterocycles. The smallest absolute Gasteiger partial charge is 0.247 e. The molecule has 1 amide bonds. The minimum Gasteiger partial charge on any atom is -0.353 e. The highest BCUT2D eigenvalue weighted by atomic mass is 32.2. The predicted molar refractivity (Wildman–Crippen MR) is 88.8 cm³/mol. The largest absolute Gasteiger partial charge is 0.353 e. The monoisotopic (exact) mass is 348 g/mol. The van der Waals surface area contributed by atoms with Gasteiger partial charge in [-0.15, -0.1) is 0 Å². The van der Waals surface area contributed by atoms with Gasteiger partial charge in [-0.2, -0.15) is 9.40 Å². The third-order valence-electron chi connectivity index (χ3n) is 4.29. The van der Waals surface area contributed by atoms with Gasteiger partial charge in [-0.25, -0.2) is 8.42 Å². The van der Waals surface area contributed by atoms with Gasteiger partial charge in [-0.3, -0.25) is 9.48 Å². The Bertz CT molecular complexity index is 874. The fraction of sp³-hybridized carbons (Fsp3) is 0.375. The fourth-order valence-electron chi connectivity index (χ4n) is 3.10. The molecule has 1 fully saturated rings. The minimum atomic E-state index is -3.84. The Hall–Kier alpha value is -2.19. The molecule has 0 radical (unpaired) electrons. The lowest BCUT2D eigenvalue weighted by atomic mass is 10.1. The van der Waals surface area contributed by atoms with Gasteiger partial charge in [-0.1, -0.05) is 30.3 Å². The maximum Gasteiger partial charge on any atom is 0.247 e. The van der Waals surface area contributed by atoms with Crippen molar-refractivity contribution in [3.05, 3.63) is 47.3 Å². The fourth-order valence-corrected chi connectivity index (χ4v) is 5.08. The van der Waals surface area contributed by atoms with Crippen LogP contribution in [0.25, 0.3) is 0 Å². The number of hydrogen-bond donors (Lipinski definition) is 1. The van der Waals surface area contributed by atoms with Gasteiger partial charge in [0.15, 0.2) is 0 Å². The Labute approximate surface area is 141 Å². The van der Waals surface area contributed by atoms with Gasteiger partial charge in [0, 0.05) is 20.1 Å². The van der Waals surface area contributed by atoms with Crippen LogP contribution in [0.4, 0.5) is 0 Å². The molecule has 1 aromatic carbocycles. The molecule has 0 spiro atoms. The number of amides is 1. The Kier molecular flexibility index (Phi) is 4.18. The van der Waals surface area contributed by atoms with Gasteiger partial charge < -0.3 is 5.32 Å². The second-order valence-corrected chi connectivity index (χ2v) is 7.67. The molecule has 1 atom stereocenters. The van der Waals surface area contributed by atoms with Gasteiger partial charge in [0.2, 0.25) is 15.9 Å². The van der Waals surface area contributed by atoms with Crippen molar-refractivity contribution in [1.29, 1.82) is 0 Å². The maximum absolute atomic E-state index is 13.3. The third kappa shape index (κ3) is 2.61. The van der Waals surface area contributed by atoms with Crippen molar-refractivity contribution >= 4 is 15.9 Å². The van der Waals surface area contributed by atoms with E-state index in [4.69, 9.17) is 0 Å². The first-order chi connectivity index (χ1) is 11.3. The van der Waals surface area contributed by atoms with E-state index in [1.807, 2.05) is 6.07 Å². The number of nitrogens with one attached hydrogen (secondary N) is 1. The molecular weight excluding hydrogens is 328 g/mol. The molecule has 1 N–H and O–H groups in total. The Morgan fingerprint density at radius 3 is 2.46 bits per heavy atom. The van der Waals surface area contributed by atoms with Crippen LogP contribution in [-0.4, -0.2) is 41.5 Å². The normalized spacial score (nSPS) is 19.3. The zero-order valence-electron chi connectivity index (χ0n) is 13.9. The summed E-state index contributed by atoms with van der Waals surface area (Å²) in [4.78, 5) is 12.6. The summed E-state index contributed by atoms with van der Waals surface area (Å²) in [5, 5.41) is 6.95. The van der Waals surface area contributed by atoms with Crippen LogP contribution in [0.2, 0.25) is 0 Å². The molecule has 7 nitrogen and oxygen atoms in total. The van der Waals surface area contributed by atoms with Gasteiger partial charge in [0.1, 0.15) is 10.9 Å². The molecule has 0 unspecified atom stereocenters. The first-order valence-corrected chi connectivity index (χ1v) is 9.12. The standard InChI is InChI=1S/C16H20N4O3S/c1-11-15(12(2)19(3)18-11)24(22,23)20-10-9-17-16(21)14(20)13-7-5-4-6-8-13/h4-8,14H,9-10H2,1-3H3,(H,17,21)/t14-/m1/s1. The molecular formula is C16H20N4O3S. The summed E-state index contributed by atoms with van der Waals surface area (Å²) in [7, 11) is -2.14. The van der Waals surface area contributed by atoms with Crippen molar-refractivity contribution in [3.63, 3.8) is 0 Å². The quantitative estimate of drug-likeness (QED) is 0.893. The van der Waals surface area contributed by atoms with E-state index in [0.717, 1.165) is 0 Å². The number of benzene rings is 1. The Balaban J connectivity index is 2.12. The molecule has 1 aliphatic heterocycles. The molecule has 128 valence electrons. The zero-order valence-corrected chi connectivity index (χ0v) is 14.7. The van der Waals surface area contributed by atoms with Crippen LogP contribution in [0.1, 0.15) is 23.0 Å². The van der Waals surface area contributed by atoms with E-state index in [9.17, 15) is 13.2 Å². The summed E-state index contributed by atoms with van der Waals surface area (Å²) in [5.74, 6) is -0.310. The topological polar surface area (TPSA) is 84.3 Å². The second kappa shape index (κ2) is 6.03. The molecule has 0 aliphatic carbocycles. The second-order valence-electron chi connectivity index (χ2n) is 5.84. The summed E-state index contributed by atoms with van der Waals surface area (Å²) < 4.78 is 29.3. The van der Waals surface area contributed by atoms with Crippen molar-refractivity contribution in [2.75, 3.05) is 13.1 Å². The van der Waals surface area contributed by atoms with Gasteiger partial charge >= 0.3 is 0 Å². The lowest BCUT2D eigenvalue weighted by molar-refractivity contribution is -0.126. The molecule has 2 heterocycles. The molecule has 0 bridgehead atoms. The average Bonchev–Trinajstić information content (AvgIpc) is 2.81. The maximum atomic E-state index is 13.3. The summed E-state index contributed by atoms with van der Waals surface area (Å²) in [6, 6.07) is 8.08. The zero-order chi connectivity index (χ0) is 17.5. The van der Waals surface area contributed by atoms with Crippen LogP contribution in [0.5, 0.6) is 0 Å². The SMILES string of the molecule is Cc1nn(C)c(C)c1S(=O)(=O)N1CCNC(=O)[C@H]1c1ccccc1. The highest BCUT2D eigenvalue weighted by Gasteiger charge is 2.41. The molecule has 3 rings (SSSR count). The van der Waals surface area contributed by atoms with Gasteiger partial charge in [0.05, 0.1) is 11.4 Å². The van der Waals surface area contributed by atoms with E-state index in [0.29, 0.717) is 23.5 Å². The molecule has 8 heteroatoms. The number of aryl methyl sites for hydroxylation is 2. The average molecular weight is 348 g/mol. The number of rotatable bonds is 3. The van der Waals surface area contributed by atoms with Crippen LogP contribution < -0.4 is 5.32 Å². The van der Waals surface area contributed by atoms with E-state index >= 15 is 0 Å². The van der Waals surface area contributed by atoms with Crippen LogP contribution in [0.3, 0.4) is 0 Å². The molecule has 24 heavy (non-hydrogen) atoms. The highest BCUT2D eigenvalue weighted by molar-refractivity contribution is 7.89. The Morgan fingerprint density at radius 2 is 1.88 bits per heavy atom. The summed E-state index contributed by atoms with van der Waals surface area (Å²) in [6.07, 6.45) is 0. The first kappa shape index (κ1) is 16.7. The van der Waals surface area contributed by atoms with Crippen molar-refractivity contribution < 1.29 is 13.2 Å². The number of nitrogens with zero attached hydrogens (tertiary/aromatic N) is 3. The van der Waals surface area contributed by atoms with Crippen molar-refractivity contribution in [3.8, 4) is 0 Å². The predicted octanol–water partition coefficient (Wildman–Crippen LogP) is 0.899. The highest BCUT2D eigenvalue weighted by Crippen LogP contribution is 2.32. The number of aromatic nitrogens is 2. The van der Waals surface area contributed by atoms with E-state index < -0.39 is 16.1 Å². The van der Waals surface area contributed by atoms with Gasteiger partial charge in [-0.05, 0) is 19.4 Å². The van der Waals surface area contributed by atoms with Crippen LogP contribution in [0, 0.1) is 13.8 Å². The van der Waals surface area contributed by atoms with E-state index in [2.05, 4.69) is 10.4 Å². The van der Waals surface area contributed by atoms with Gasteiger partial charge in [0.25, 0.3) is 0 Å². The van der Waals surface area contributed by atoms with Crippen molar-refractivity contribution in [1.82, 2.24) is 19.4 Å². The lowest BCUT2D eigenvalue weighted by Crippen LogP contribution is -2.52. The molecule has 1 aliphatic rings. The van der Waals surface area contributed by atoms with E-state index in [-0.39, 0.29) is 17.3 Å².